The molecule has 0 aromatic heterocycles. The summed E-state index contributed by atoms with van der Waals surface area (Å²) in [6, 6.07) is 0. The molecule has 4 atom stereocenters. The molecule has 1 aliphatic rings. The molecule has 0 aliphatic heterocycles. The molecule has 0 saturated heterocycles. The van der Waals surface area contributed by atoms with Crippen LogP contribution in [-0.4, -0.2) is 44.4 Å². The van der Waals surface area contributed by atoms with E-state index < -0.39 is 22.2 Å². The minimum atomic E-state index is -3.60. The molecule has 1 amide bonds. The Morgan fingerprint density at radius 2 is 2.00 bits per heavy atom. The van der Waals surface area contributed by atoms with Gasteiger partial charge in [-0.05, 0) is 43.9 Å². The first-order chi connectivity index (χ1) is 14.6. The average Bonchev–Trinajstić information content (AvgIpc) is 2.93. The number of nitrogens with one attached hydrogen (secondary N) is 1. The number of carbonyl (C=O) groups is 2. The maximum absolute atomic E-state index is 12.4. The highest BCUT2D eigenvalue weighted by Crippen LogP contribution is 2.37. The second kappa shape index (κ2) is 14.4. The molecule has 8 heteroatoms. The monoisotopic (exact) mass is 457 g/mol. The van der Waals surface area contributed by atoms with Crippen molar-refractivity contribution >= 4 is 21.9 Å². The van der Waals surface area contributed by atoms with Gasteiger partial charge in [0.1, 0.15) is 5.78 Å². The minimum Gasteiger partial charge on any atom is -0.449 e. The van der Waals surface area contributed by atoms with Crippen molar-refractivity contribution in [1.29, 1.82) is 0 Å². The van der Waals surface area contributed by atoms with Crippen molar-refractivity contribution in [2.75, 3.05) is 12.9 Å². The number of aliphatic hydroxyl groups excluding tert-OH is 1. The molecule has 1 fully saturated rings. The molecule has 1 aliphatic carbocycles. The molecule has 7 nitrogen and oxygen atoms in total. The normalized spacial score (nSPS) is 23.0. The molecule has 0 bridgehead atoms. The summed E-state index contributed by atoms with van der Waals surface area (Å²) in [6.07, 6.45) is 15.0. The second-order valence-corrected chi connectivity index (χ2v) is 10.2. The third kappa shape index (κ3) is 12.1. The molecule has 1 saturated carbocycles. The quantitative estimate of drug-likeness (QED) is 0.300. The highest BCUT2D eigenvalue weighted by molar-refractivity contribution is 7.89. The standard InChI is InChI=1S/C23H39NO6S/c1-4-5-9-12-19(25)14-15-20-18(2)17-22(26)21(20)13-10-7-6-8-11-16-30-23(27)24-31(3,28)29/h7,10,14-15,18-21,25H,4-6,8-9,11-13,16-17H2,1-3H3,(H,24,27)/t18-,19+,20+,21-/m1/s1. The molecule has 0 unspecified atom stereocenters. The molecule has 0 spiro atoms. The first kappa shape index (κ1) is 27.4. The van der Waals surface area contributed by atoms with Crippen LogP contribution in [0, 0.1) is 17.8 Å². The molecular weight excluding hydrogens is 418 g/mol. The number of carbonyl (C=O) groups excluding carboxylic acids is 2. The van der Waals surface area contributed by atoms with E-state index in [-0.39, 0.29) is 24.2 Å². The van der Waals surface area contributed by atoms with E-state index in [2.05, 4.69) is 13.8 Å². The van der Waals surface area contributed by atoms with E-state index in [4.69, 9.17) is 4.74 Å². The van der Waals surface area contributed by atoms with Gasteiger partial charge in [0.15, 0.2) is 0 Å². The van der Waals surface area contributed by atoms with E-state index in [1.807, 2.05) is 24.3 Å². The van der Waals surface area contributed by atoms with Crippen LogP contribution in [0.4, 0.5) is 4.79 Å². The Labute approximate surface area is 187 Å². The summed E-state index contributed by atoms with van der Waals surface area (Å²) in [5, 5.41) is 10.1. The lowest BCUT2D eigenvalue weighted by Gasteiger charge is -2.17. The summed E-state index contributed by atoms with van der Waals surface area (Å²) in [5.41, 5.74) is 0. The van der Waals surface area contributed by atoms with Gasteiger partial charge in [-0.3, -0.25) is 4.79 Å². The summed E-state index contributed by atoms with van der Waals surface area (Å²) in [6.45, 7) is 4.39. The SMILES string of the molecule is CCCCC[C@H](O)C=C[C@H]1[C@H](C)CC(=O)[C@@H]1CC=CCCCCOC(=O)NS(C)(=O)=O. The number of hydrogen-bond donors (Lipinski definition) is 2. The Balaban J connectivity index is 2.33. The van der Waals surface area contributed by atoms with Crippen molar-refractivity contribution in [1.82, 2.24) is 4.72 Å². The van der Waals surface area contributed by atoms with E-state index in [0.29, 0.717) is 25.2 Å². The highest BCUT2D eigenvalue weighted by Gasteiger charge is 2.37. The van der Waals surface area contributed by atoms with Crippen LogP contribution in [0.5, 0.6) is 0 Å². The maximum atomic E-state index is 12.4. The zero-order valence-corrected chi connectivity index (χ0v) is 19.9. The molecule has 0 radical (unpaired) electrons. The molecular formula is C23H39NO6S. The summed E-state index contributed by atoms with van der Waals surface area (Å²) >= 11 is 0. The van der Waals surface area contributed by atoms with Gasteiger partial charge in [0, 0.05) is 12.3 Å². The molecule has 2 N–H and O–H groups in total. The van der Waals surface area contributed by atoms with Crippen molar-refractivity contribution in [2.45, 2.75) is 77.7 Å². The summed E-state index contributed by atoms with van der Waals surface area (Å²) < 4.78 is 28.3. The van der Waals surface area contributed by atoms with Crippen LogP contribution in [0.2, 0.25) is 0 Å². The largest absolute Gasteiger partial charge is 0.449 e. The van der Waals surface area contributed by atoms with Crippen LogP contribution in [0.15, 0.2) is 24.3 Å². The minimum absolute atomic E-state index is 0.0339. The first-order valence-corrected chi connectivity index (χ1v) is 13.2. The number of hydrogen-bond acceptors (Lipinski definition) is 6. The number of rotatable bonds is 14. The van der Waals surface area contributed by atoms with Crippen molar-refractivity contribution < 1.29 is 27.9 Å². The molecule has 0 heterocycles. The van der Waals surface area contributed by atoms with Gasteiger partial charge in [0.25, 0.3) is 0 Å². The number of unbranched alkanes of at least 4 members (excludes halogenated alkanes) is 4. The highest BCUT2D eigenvalue weighted by atomic mass is 32.2. The first-order valence-electron chi connectivity index (χ1n) is 11.3. The smallest absolute Gasteiger partial charge is 0.420 e. The summed E-state index contributed by atoms with van der Waals surface area (Å²) in [5.74, 6) is 0.714. The van der Waals surface area contributed by atoms with Gasteiger partial charge in [0.2, 0.25) is 10.0 Å². The van der Waals surface area contributed by atoms with Gasteiger partial charge in [-0.15, -0.1) is 0 Å². The summed E-state index contributed by atoms with van der Waals surface area (Å²) in [4.78, 5) is 23.6. The number of ether oxygens (including phenoxy) is 1. The van der Waals surface area contributed by atoms with E-state index in [1.165, 1.54) is 0 Å². The lowest BCUT2D eigenvalue weighted by atomic mass is 9.87. The number of ketones is 1. The van der Waals surface area contributed by atoms with Gasteiger partial charge < -0.3 is 9.84 Å². The zero-order chi connectivity index (χ0) is 23.3. The second-order valence-electron chi connectivity index (χ2n) is 8.49. The van der Waals surface area contributed by atoms with E-state index >= 15 is 0 Å². The molecule has 1 rings (SSSR count). The molecule has 0 aromatic carbocycles. The maximum Gasteiger partial charge on any atom is 0.420 e. The predicted molar refractivity (Wildman–Crippen MR) is 122 cm³/mol. The van der Waals surface area contributed by atoms with Gasteiger partial charge in [-0.25, -0.2) is 17.9 Å². The van der Waals surface area contributed by atoms with Gasteiger partial charge in [-0.2, -0.15) is 0 Å². The third-order valence-corrected chi connectivity index (χ3v) is 6.08. The Morgan fingerprint density at radius 1 is 1.26 bits per heavy atom. The molecule has 0 aromatic rings. The molecule has 31 heavy (non-hydrogen) atoms. The van der Waals surface area contributed by atoms with E-state index in [9.17, 15) is 23.1 Å². The Bertz CT molecular complexity index is 716. The number of allylic oxidation sites excluding steroid dienone is 3. The summed E-state index contributed by atoms with van der Waals surface area (Å²) in [7, 11) is -3.60. The van der Waals surface area contributed by atoms with Gasteiger partial charge in [0.05, 0.1) is 19.0 Å². The fourth-order valence-electron chi connectivity index (χ4n) is 3.86. The fraction of sp³-hybridized carbons (Fsp3) is 0.739. The number of Topliss-reactive ketones (excluding diaryl/α,β-unsaturated/α-hetero) is 1. The lowest BCUT2D eigenvalue weighted by molar-refractivity contribution is -0.121. The van der Waals surface area contributed by atoms with Crippen LogP contribution < -0.4 is 4.72 Å². The van der Waals surface area contributed by atoms with Crippen molar-refractivity contribution in [3.05, 3.63) is 24.3 Å². The number of sulfonamides is 1. The van der Waals surface area contributed by atoms with E-state index in [0.717, 1.165) is 44.8 Å². The Kier molecular flexibility index (Phi) is 12.7. The van der Waals surface area contributed by atoms with Crippen LogP contribution in [0.25, 0.3) is 0 Å². The predicted octanol–water partition coefficient (Wildman–Crippen LogP) is 4.13. The fourth-order valence-corrected chi connectivity index (χ4v) is 4.22. The average molecular weight is 458 g/mol. The van der Waals surface area contributed by atoms with Crippen LogP contribution in [0.1, 0.15) is 71.6 Å². The van der Waals surface area contributed by atoms with Crippen molar-refractivity contribution in [2.24, 2.45) is 17.8 Å². The van der Waals surface area contributed by atoms with Crippen LogP contribution >= 0.6 is 0 Å². The lowest BCUT2D eigenvalue weighted by Crippen LogP contribution is -2.30. The van der Waals surface area contributed by atoms with Crippen molar-refractivity contribution in [3.8, 4) is 0 Å². The van der Waals surface area contributed by atoms with Crippen LogP contribution in [-0.2, 0) is 19.6 Å². The topological polar surface area (TPSA) is 110 Å². The Hall–Kier alpha value is -1.67. The van der Waals surface area contributed by atoms with Crippen LogP contribution in [0.3, 0.4) is 0 Å². The van der Waals surface area contributed by atoms with Gasteiger partial charge >= 0.3 is 6.09 Å². The third-order valence-electron chi connectivity index (χ3n) is 5.54. The van der Waals surface area contributed by atoms with E-state index in [1.54, 1.807) is 4.72 Å². The molecule has 178 valence electrons. The van der Waals surface area contributed by atoms with Crippen molar-refractivity contribution in [3.63, 3.8) is 0 Å². The van der Waals surface area contributed by atoms with Gasteiger partial charge in [-0.1, -0.05) is 57.4 Å². The Morgan fingerprint density at radius 3 is 2.68 bits per heavy atom. The zero-order valence-electron chi connectivity index (χ0n) is 19.1. The number of aliphatic hydroxyl groups is 1. The number of amides is 1.